The van der Waals surface area contributed by atoms with Gasteiger partial charge in [-0.05, 0) is 18.3 Å². The molecule has 1 amide bonds. The Labute approximate surface area is 91.5 Å². The molecule has 0 bridgehead atoms. The summed E-state index contributed by atoms with van der Waals surface area (Å²) in [5.41, 5.74) is 0. The molecule has 15 heavy (non-hydrogen) atoms. The largest absolute Gasteiger partial charge is 0.391 e. The quantitative estimate of drug-likeness (QED) is 0.750. The van der Waals surface area contributed by atoms with Crippen molar-refractivity contribution in [3.63, 3.8) is 0 Å². The van der Waals surface area contributed by atoms with Crippen LogP contribution in [0.3, 0.4) is 0 Å². The molecule has 1 saturated carbocycles. The van der Waals surface area contributed by atoms with Gasteiger partial charge in [0.1, 0.15) is 0 Å². The number of aliphatic hydroxyl groups excluding tert-OH is 1. The number of nitrogens with zero attached hydrogens (tertiary/aromatic N) is 1. The van der Waals surface area contributed by atoms with Gasteiger partial charge in [-0.1, -0.05) is 26.2 Å². The van der Waals surface area contributed by atoms with E-state index in [0.29, 0.717) is 18.9 Å². The first-order chi connectivity index (χ1) is 7.16. The van der Waals surface area contributed by atoms with Crippen LogP contribution < -0.4 is 0 Å². The van der Waals surface area contributed by atoms with Crippen LogP contribution in [-0.2, 0) is 4.79 Å². The van der Waals surface area contributed by atoms with Crippen LogP contribution in [0.4, 0.5) is 0 Å². The summed E-state index contributed by atoms with van der Waals surface area (Å²) in [5.74, 6) is 1.54. The van der Waals surface area contributed by atoms with Gasteiger partial charge in [0.15, 0.2) is 0 Å². The smallest absolute Gasteiger partial charge is 0.225 e. The lowest BCUT2D eigenvalue weighted by Crippen LogP contribution is -2.35. The molecule has 3 atom stereocenters. The zero-order valence-electron chi connectivity index (χ0n) is 9.48. The highest BCUT2D eigenvalue weighted by Gasteiger charge is 2.31. The van der Waals surface area contributed by atoms with E-state index in [2.05, 4.69) is 6.92 Å². The van der Waals surface area contributed by atoms with Gasteiger partial charge in [-0.3, -0.25) is 4.79 Å². The normalized spacial score (nSPS) is 37.3. The fourth-order valence-corrected chi connectivity index (χ4v) is 2.88. The minimum Gasteiger partial charge on any atom is -0.391 e. The molecular formula is C12H21NO2. The molecule has 1 heterocycles. The molecule has 1 aliphatic heterocycles. The van der Waals surface area contributed by atoms with Gasteiger partial charge in [0.05, 0.1) is 12.5 Å². The highest BCUT2D eigenvalue weighted by Crippen LogP contribution is 2.31. The van der Waals surface area contributed by atoms with E-state index in [1.165, 1.54) is 25.7 Å². The Morgan fingerprint density at radius 2 is 2.13 bits per heavy atom. The van der Waals surface area contributed by atoms with Crippen LogP contribution >= 0.6 is 0 Å². The molecule has 0 aromatic rings. The Hall–Kier alpha value is -0.570. The second kappa shape index (κ2) is 4.52. The molecule has 1 aliphatic carbocycles. The van der Waals surface area contributed by atoms with E-state index < -0.39 is 6.10 Å². The van der Waals surface area contributed by atoms with Gasteiger partial charge in [-0.25, -0.2) is 0 Å². The molecule has 2 aliphatic rings. The molecule has 2 fully saturated rings. The third kappa shape index (κ3) is 2.51. The van der Waals surface area contributed by atoms with Crippen molar-refractivity contribution in [2.24, 2.45) is 11.8 Å². The zero-order valence-corrected chi connectivity index (χ0v) is 9.48. The van der Waals surface area contributed by atoms with Gasteiger partial charge < -0.3 is 10.0 Å². The molecule has 3 nitrogen and oxygen atoms in total. The zero-order chi connectivity index (χ0) is 10.8. The fourth-order valence-electron chi connectivity index (χ4n) is 2.88. The van der Waals surface area contributed by atoms with Crippen molar-refractivity contribution in [2.75, 3.05) is 13.1 Å². The summed E-state index contributed by atoms with van der Waals surface area (Å²) < 4.78 is 0. The number of rotatable bonds is 2. The maximum atomic E-state index is 11.5. The molecule has 1 saturated heterocycles. The predicted octanol–water partition coefficient (Wildman–Crippen LogP) is 1.41. The Balaban J connectivity index is 1.87. The number of carbonyl (C=O) groups excluding carboxylic acids is 1. The number of likely N-dealkylation sites (tertiary alicyclic amines) is 1. The lowest BCUT2D eigenvalue weighted by atomic mass is 9.80. The van der Waals surface area contributed by atoms with Crippen molar-refractivity contribution < 1.29 is 9.90 Å². The van der Waals surface area contributed by atoms with Crippen molar-refractivity contribution in [1.82, 2.24) is 4.90 Å². The molecule has 1 N–H and O–H groups in total. The molecule has 2 rings (SSSR count). The van der Waals surface area contributed by atoms with E-state index >= 15 is 0 Å². The molecular weight excluding hydrogens is 190 g/mol. The van der Waals surface area contributed by atoms with E-state index in [4.69, 9.17) is 0 Å². The summed E-state index contributed by atoms with van der Waals surface area (Å²) in [6.45, 7) is 3.72. The highest BCUT2D eigenvalue weighted by molar-refractivity contribution is 5.79. The van der Waals surface area contributed by atoms with E-state index in [9.17, 15) is 9.90 Å². The number of aliphatic hydroxyl groups is 1. The SMILES string of the molecule is CC1CCCCC1CN1CC(O)CC1=O. The Kier molecular flexibility index (Phi) is 3.29. The molecule has 0 aromatic carbocycles. The van der Waals surface area contributed by atoms with Crippen LogP contribution in [-0.4, -0.2) is 35.1 Å². The molecule has 3 unspecified atom stereocenters. The third-order valence-electron chi connectivity index (χ3n) is 3.94. The Bertz CT molecular complexity index is 242. The number of carbonyl (C=O) groups is 1. The standard InChI is InChI=1S/C12H21NO2/c1-9-4-2-3-5-10(9)7-13-8-11(14)6-12(13)15/h9-11,14H,2-8H2,1H3. The summed E-state index contributed by atoms with van der Waals surface area (Å²) in [5, 5.41) is 9.40. The second-order valence-corrected chi connectivity index (χ2v) is 5.18. The van der Waals surface area contributed by atoms with Gasteiger partial charge in [-0.15, -0.1) is 0 Å². The lowest BCUT2D eigenvalue weighted by Gasteiger charge is -2.32. The molecule has 0 spiro atoms. The topological polar surface area (TPSA) is 40.5 Å². The predicted molar refractivity (Wildman–Crippen MR) is 58.3 cm³/mol. The Morgan fingerprint density at radius 3 is 2.73 bits per heavy atom. The van der Waals surface area contributed by atoms with Crippen LogP contribution in [0.5, 0.6) is 0 Å². The molecule has 0 aromatic heterocycles. The summed E-state index contributed by atoms with van der Waals surface area (Å²) in [6, 6.07) is 0. The van der Waals surface area contributed by atoms with Gasteiger partial charge in [-0.2, -0.15) is 0 Å². The van der Waals surface area contributed by atoms with Crippen LogP contribution in [0.1, 0.15) is 39.0 Å². The number of hydrogen-bond donors (Lipinski definition) is 1. The third-order valence-corrected chi connectivity index (χ3v) is 3.94. The van der Waals surface area contributed by atoms with Crippen molar-refractivity contribution in [2.45, 2.75) is 45.1 Å². The summed E-state index contributed by atoms with van der Waals surface area (Å²) in [4.78, 5) is 13.4. The number of hydrogen-bond acceptors (Lipinski definition) is 2. The van der Waals surface area contributed by atoms with Gasteiger partial charge in [0, 0.05) is 13.1 Å². The monoisotopic (exact) mass is 211 g/mol. The van der Waals surface area contributed by atoms with Gasteiger partial charge in [0.25, 0.3) is 0 Å². The van der Waals surface area contributed by atoms with Crippen LogP contribution in [0.15, 0.2) is 0 Å². The van der Waals surface area contributed by atoms with E-state index in [1.807, 2.05) is 4.90 Å². The second-order valence-electron chi connectivity index (χ2n) is 5.18. The van der Waals surface area contributed by atoms with E-state index in [-0.39, 0.29) is 5.91 Å². The first-order valence-corrected chi connectivity index (χ1v) is 6.12. The molecule has 86 valence electrons. The average molecular weight is 211 g/mol. The van der Waals surface area contributed by atoms with Crippen LogP contribution in [0, 0.1) is 11.8 Å². The van der Waals surface area contributed by atoms with Crippen LogP contribution in [0.2, 0.25) is 0 Å². The fraction of sp³-hybridized carbons (Fsp3) is 0.917. The maximum Gasteiger partial charge on any atom is 0.225 e. The average Bonchev–Trinajstić information content (AvgIpc) is 2.49. The number of amides is 1. The van der Waals surface area contributed by atoms with Crippen LogP contribution in [0.25, 0.3) is 0 Å². The first-order valence-electron chi connectivity index (χ1n) is 6.12. The summed E-state index contributed by atoms with van der Waals surface area (Å²) in [6.07, 6.45) is 5.11. The van der Waals surface area contributed by atoms with Crippen molar-refractivity contribution in [3.8, 4) is 0 Å². The summed E-state index contributed by atoms with van der Waals surface area (Å²) >= 11 is 0. The molecule has 3 heteroatoms. The van der Waals surface area contributed by atoms with Gasteiger partial charge >= 0.3 is 0 Å². The minimum atomic E-state index is -0.420. The van der Waals surface area contributed by atoms with E-state index in [0.717, 1.165) is 12.5 Å². The van der Waals surface area contributed by atoms with Crippen molar-refractivity contribution in [1.29, 1.82) is 0 Å². The first kappa shape index (κ1) is 10.9. The molecule has 0 radical (unpaired) electrons. The van der Waals surface area contributed by atoms with E-state index in [1.54, 1.807) is 0 Å². The van der Waals surface area contributed by atoms with Gasteiger partial charge in [0.2, 0.25) is 5.91 Å². The van der Waals surface area contributed by atoms with Crippen molar-refractivity contribution >= 4 is 5.91 Å². The highest BCUT2D eigenvalue weighted by atomic mass is 16.3. The Morgan fingerprint density at radius 1 is 1.40 bits per heavy atom. The lowest BCUT2D eigenvalue weighted by molar-refractivity contribution is -0.128. The maximum absolute atomic E-state index is 11.5. The van der Waals surface area contributed by atoms with Crippen molar-refractivity contribution in [3.05, 3.63) is 0 Å². The number of β-amino-alcohol motifs (C(OH)–C–C–N with tert-alkyl or cyclic N) is 1. The minimum absolute atomic E-state index is 0.139. The summed E-state index contributed by atoms with van der Waals surface area (Å²) in [7, 11) is 0.